The minimum absolute atomic E-state index is 0.0416. The lowest BCUT2D eigenvalue weighted by atomic mass is 10.1. The fraction of sp³-hybridized carbons (Fsp3) is 0.529. The summed E-state index contributed by atoms with van der Waals surface area (Å²) in [6.45, 7) is 8.16. The second kappa shape index (κ2) is 7.81. The van der Waals surface area contributed by atoms with E-state index < -0.39 is 0 Å². The Labute approximate surface area is 127 Å². The molecule has 0 bridgehead atoms. The Morgan fingerprint density at radius 2 is 1.76 bits per heavy atom. The molecule has 0 aliphatic carbocycles. The van der Waals surface area contributed by atoms with E-state index in [1.165, 1.54) is 7.11 Å². The van der Waals surface area contributed by atoms with Crippen molar-refractivity contribution in [1.82, 2.24) is 4.90 Å². The molecule has 2 unspecified atom stereocenters. The van der Waals surface area contributed by atoms with Crippen LogP contribution >= 0.6 is 0 Å². The fourth-order valence-corrected chi connectivity index (χ4v) is 2.12. The highest BCUT2D eigenvalue weighted by molar-refractivity contribution is 5.94. The second-order valence-electron chi connectivity index (χ2n) is 5.51. The van der Waals surface area contributed by atoms with Gasteiger partial charge in [-0.3, -0.25) is 9.59 Å². The predicted octanol–water partition coefficient (Wildman–Crippen LogP) is 3.04. The average Bonchev–Trinajstić information content (AvgIpc) is 2.50. The molecule has 1 aromatic rings. The number of nitrogens with zero attached hydrogens (tertiary/aromatic N) is 1. The molecule has 2 atom stereocenters. The maximum absolute atomic E-state index is 12.7. The first-order chi connectivity index (χ1) is 9.90. The fourth-order valence-electron chi connectivity index (χ4n) is 2.12. The van der Waals surface area contributed by atoms with Crippen LogP contribution in [0.15, 0.2) is 24.3 Å². The van der Waals surface area contributed by atoms with Crippen LogP contribution in [0.3, 0.4) is 0 Å². The van der Waals surface area contributed by atoms with Gasteiger partial charge in [0.15, 0.2) is 0 Å². The van der Waals surface area contributed by atoms with Crippen molar-refractivity contribution >= 4 is 11.9 Å². The SMILES string of the molecule is CCC(C)N(CC(C)C(=O)OC)C(=O)c1ccc(C)cc1. The van der Waals surface area contributed by atoms with Crippen molar-refractivity contribution < 1.29 is 14.3 Å². The van der Waals surface area contributed by atoms with Gasteiger partial charge in [0, 0.05) is 18.2 Å². The third kappa shape index (κ3) is 4.59. The number of benzene rings is 1. The lowest BCUT2D eigenvalue weighted by Crippen LogP contribution is -2.42. The van der Waals surface area contributed by atoms with Crippen LogP contribution in [0, 0.1) is 12.8 Å². The van der Waals surface area contributed by atoms with E-state index >= 15 is 0 Å². The summed E-state index contributed by atoms with van der Waals surface area (Å²) >= 11 is 0. The molecule has 0 aromatic heterocycles. The van der Waals surface area contributed by atoms with E-state index in [9.17, 15) is 9.59 Å². The molecular weight excluding hydrogens is 266 g/mol. The number of aryl methyl sites for hydroxylation is 1. The van der Waals surface area contributed by atoms with Gasteiger partial charge < -0.3 is 9.64 Å². The van der Waals surface area contributed by atoms with Crippen molar-refractivity contribution in [3.05, 3.63) is 35.4 Å². The summed E-state index contributed by atoms with van der Waals surface area (Å²) in [6, 6.07) is 7.58. The van der Waals surface area contributed by atoms with Gasteiger partial charge in [0.1, 0.15) is 0 Å². The normalized spacial score (nSPS) is 13.4. The van der Waals surface area contributed by atoms with Crippen LogP contribution in [0.5, 0.6) is 0 Å². The molecule has 116 valence electrons. The van der Waals surface area contributed by atoms with Crippen LogP contribution in [0.2, 0.25) is 0 Å². The van der Waals surface area contributed by atoms with Crippen LogP contribution in [-0.2, 0) is 9.53 Å². The molecule has 0 saturated carbocycles. The first-order valence-electron chi connectivity index (χ1n) is 7.36. The highest BCUT2D eigenvalue weighted by atomic mass is 16.5. The predicted molar refractivity (Wildman–Crippen MR) is 83.1 cm³/mol. The third-order valence-corrected chi connectivity index (χ3v) is 3.76. The Morgan fingerprint density at radius 1 is 1.19 bits per heavy atom. The lowest BCUT2D eigenvalue weighted by Gasteiger charge is -2.30. The van der Waals surface area contributed by atoms with Gasteiger partial charge >= 0.3 is 5.97 Å². The van der Waals surface area contributed by atoms with E-state index in [4.69, 9.17) is 4.74 Å². The van der Waals surface area contributed by atoms with Gasteiger partial charge in [-0.05, 0) is 32.4 Å². The van der Waals surface area contributed by atoms with Crippen molar-refractivity contribution in [2.24, 2.45) is 5.92 Å². The number of rotatable bonds is 6. The Morgan fingerprint density at radius 3 is 2.24 bits per heavy atom. The van der Waals surface area contributed by atoms with Crippen LogP contribution in [0.4, 0.5) is 0 Å². The number of amides is 1. The monoisotopic (exact) mass is 291 g/mol. The zero-order valence-corrected chi connectivity index (χ0v) is 13.6. The van der Waals surface area contributed by atoms with E-state index in [1.807, 2.05) is 45.0 Å². The molecule has 1 rings (SSSR count). The van der Waals surface area contributed by atoms with Crippen LogP contribution < -0.4 is 0 Å². The van der Waals surface area contributed by atoms with Crippen molar-refractivity contribution in [1.29, 1.82) is 0 Å². The van der Waals surface area contributed by atoms with Crippen LogP contribution in [0.25, 0.3) is 0 Å². The summed E-state index contributed by atoms with van der Waals surface area (Å²) in [4.78, 5) is 26.0. The van der Waals surface area contributed by atoms with E-state index in [1.54, 1.807) is 11.8 Å². The van der Waals surface area contributed by atoms with Gasteiger partial charge in [0.05, 0.1) is 13.0 Å². The maximum Gasteiger partial charge on any atom is 0.310 e. The average molecular weight is 291 g/mol. The van der Waals surface area contributed by atoms with Crippen molar-refractivity contribution in [2.75, 3.05) is 13.7 Å². The molecule has 0 radical (unpaired) electrons. The van der Waals surface area contributed by atoms with E-state index in [2.05, 4.69) is 0 Å². The molecule has 0 aliphatic rings. The zero-order chi connectivity index (χ0) is 16.0. The highest BCUT2D eigenvalue weighted by Gasteiger charge is 2.25. The standard InChI is InChI=1S/C17H25NO3/c1-6-14(4)18(11-13(3)17(20)21-5)16(19)15-9-7-12(2)8-10-15/h7-10,13-14H,6,11H2,1-5H3. The molecular formula is C17H25NO3. The number of hydrogen-bond acceptors (Lipinski definition) is 3. The van der Waals surface area contributed by atoms with Crippen molar-refractivity contribution in [3.8, 4) is 0 Å². The Balaban J connectivity index is 2.94. The molecule has 21 heavy (non-hydrogen) atoms. The maximum atomic E-state index is 12.7. The molecule has 0 saturated heterocycles. The van der Waals surface area contributed by atoms with Crippen molar-refractivity contribution in [3.63, 3.8) is 0 Å². The number of ether oxygens (including phenoxy) is 1. The molecule has 0 N–H and O–H groups in total. The molecule has 0 spiro atoms. The lowest BCUT2D eigenvalue weighted by molar-refractivity contribution is -0.145. The van der Waals surface area contributed by atoms with Gasteiger partial charge in [-0.15, -0.1) is 0 Å². The second-order valence-corrected chi connectivity index (χ2v) is 5.51. The molecule has 1 aromatic carbocycles. The summed E-state index contributed by atoms with van der Waals surface area (Å²) in [5, 5.41) is 0. The van der Waals surface area contributed by atoms with Crippen LogP contribution in [0.1, 0.15) is 43.1 Å². The summed E-state index contributed by atoms with van der Waals surface area (Å²) < 4.78 is 4.75. The van der Waals surface area contributed by atoms with Crippen LogP contribution in [-0.4, -0.2) is 36.5 Å². The number of hydrogen-bond donors (Lipinski definition) is 0. The third-order valence-electron chi connectivity index (χ3n) is 3.76. The first-order valence-corrected chi connectivity index (χ1v) is 7.36. The minimum Gasteiger partial charge on any atom is -0.469 e. The van der Waals surface area contributed by atoms with Crippen molar-refractivity contribution in [2.45, 2.75) is 40.2 Å². The summed E-state index contributed by atoms with van der Waals surface area (Å²) in [7, 11) is 1.37. The molecule has 4 heteroatoms. The summed E-state index contributed by atoms with van der Waals surface area (Å²) in [6.07, 6.45) is 0.839. The van der Waals surface area contributed by atoms with E-state index in [-0.39, 0.29) is 23.8 Å². The molecule has 0 heterocycles. The number of carbonyl (C=O) groups excluding carboxylic acids is 2. The van der Waals surface area contributed by atoms with Gasteiger partial charge in [-0.1, -0.05) is 31.5 Å². The summed E-state index contributed by atoms with van der Waals surface area (Å²) in [5.74, 6) is -0.668. The number of carbonyl (C=O) groups is 2. The number of methoxy groups -OCH3 is 1. The van der Waals surface area contributed by atoms with Gasteiger partial charge in [-0.2, -0.15) is 0 Å². The molecule has 4 nitrogen and oxygen atoms in total. The zero-order valence-electron chi connectivity index (χ0n) is 13.6. The first kappa shape index (κ1) is 17.2. The minimum atomic E-state index is -0.335. The Hall–Kier alpha value is -1.84. The number of esters is 1. The molecule has 0 aliphatic heterocycles. The van der Waals surface area contributed by atoms with Gasteiger partial charge in [0.2, 0.25) is 0 Å². The Kier molecular flexibility index (Phi) is 6.40. The topological polar surface area (TPSA) is 46.6 Å². The van der Waals surface area contributed by atoms with Gasteiger partial charge in [-0.25, -0.2) is 0 Å². The quantitative estimate of drug-likeness (QED) is 0.757. The molecule has 1 amide bonds. The Bertz CT molecular complexity index is 481. The highest BCUT2D eigenvalue weighted by Crippen LogP contribution is 2.15. The van der Waals surface area contributed by atoms with Gasteiger partial charge in [0.25, 0.3) is 5.91 Å². The molecule has 0 fully saturated rings. The smallest absolute Gasteiger partial charge is 0.310 e. The van der Waals surface area contributed by atoms with E-state index in [0.717, 1.165) is 12.0 Å². The van der Waals surface area contributed by atoms with E-state index in [0.29, 0.717) is 12.1 Å². The largest absolute Gasteiger partial charge is 0.469 e. The summed E-state index contributed by atoms with van der Waals surface area (Å²) in [5.41, 5.74) is 1.77.